The molecule has 1 saturated carbocycles. The second-order valence-corrected chi connectivity index (χ2v) is 8.43. The van der Waals surface area contributed by atoms with Crippen LogP contribution in [-0.4, -0.2) is 41.0 Å². The van der Waals surface area contributed by atoms with Gasteiger partial charge in [0, 0.05) is 48.1 Å². The summed E-state index contributed by atoms with van der Waals surface area (Å²) in [6.45, 7) is 3.55. The third kappa shape index (κ3) is 3.83. The van der Waals surface area contributed by atoms with Crippen molar-refractivity contribution in [2.24, 2.45) is 0 Å². The minimum absolute atomic E-state index is 0.323. The summed E-state index contributed by atoms with van der Waals surface area (Å²) in [4.78, 5) is 2.57. The number of ether oxygens (including phenoxy) is 2. The van der Waals surface area contributed by atoms with Crippen LogP contribution in [0.2, 0.25) is 0 Å². The number of hydrogen-bond acceptors (Lipinski definition) is 5. The number of anilines is 1. The van der Waals surface area contributed by atoms with Gasteiger partial charge in [-0.05, 0) is 44.4 Å². The molecule has 2 N–H and O–H groups in total. The molecule has 1 atom stereocenters. The largest absolute Gasteiger partial charge is 0.454 e. The van der Waals surface area contributed by atoms with Gasteiger partial charge in [0.15, 0.2) is 11.5 Å². The molecular formula is C22H30N4O2. The Labute approximate surface area is 166 Å². The number of likely N-dealkylation sites (tertiary alicyclic amines) is 1. The molecule has 3 aliphatic rings. The first-order valence-corrected chi connectivity index (χ1v) is 10.8. The van der Waals surface area contributed by atoms with Crippen LogP contribution >= 0.6 is 0 Å². The van der Waals surface area contributed by atoms with E-state index in [1.54, 1.807) is 0 Å². The molecule has 1 saturated heterocycles. The van der Waals surface area contributed by atoms with Crippen LogP contribution in [0.3, 0.4) is 0 Å². The van der Waals surface area contributed by atoms with Crippen molar-refractivity contribution in [1.29, 1.82) is 0 Å². The van der Waals surface area contributed by atoms with E-state index >= 15 is 0 Å². The topological polar surface area (TPSA) is 62.4 Å². The molecule has 5 rings (SSSR count). The van der Waals surface area contributed by atoms with Gasteiger partial charge in [-0.25, -0.2) is 0 Å². The number of rotatable bonds is 5. The van der Waals surface area contributed by atoms with E-state index in [-0.39, 0.29) is 0 Å². The standard InChI is InChI=1S/C22H30N4O2/c1-2-5-16(6-3-1)22-17(12-23-25-22)13-26-10-4-7-19(14-26)24-18-8-9-20-21(11-18)28-15-27-20/h8-9,11-12,16,19,24H,1-7,10,13-15H2,(H,23,25)/t19-/m1/s1. The highest BCUT2D eigenvalue weighted by Crippen LogP contribution is 2.35. The Morgan fingerprint density at radius 3 is 2.89 bits per heavy atom. The first-order chi connectivity index (χ1) is 13.8. The van der Waals surface area contributed by atoms with Gasteiger partial charge in [-0.1, -0.05) is 19.3 Å². The maximum Gasteiger partial charge on any atom is 0.231 e. The van der Waals surface area contributed by atoms with Crippen LogP contribution in [0, 0.1) is 0 Å². The Morgan fingerprint density at radius 2 is 1.96 bits per heavy atom. The molecule has 6 nitrogen and oxygen atoms in total. The smallest absolute Gasteiger partial charge is 0.231 e. The summed E-state index contributed by atoms with van der Waals surface area (Å²) < 4.78 is 10.9. The van der Waals surface area contributed by atoms with Crippen molar-refractivity contribution in [2.75, 3.05) is 25.2 Å². The maximum absolute atomic E-state index is 5.51. The molecule has 1 aliphatic carbocycles. The molecule has 6 heteroatoms. The molecule has 0 bridgehead atoms. The van der Waals surface area contributed by atoms with Crippen molar-refractivity contribution in [2.45, 2.75) is 63.5 Å². The second-order valence-electron chi connectivity index (χ2n) is 8.43. The van der Waals surface area contributed by atoms with Crippen molar-refractivity contribution in [3.8, 4) is 11.5 Å². The number of nitrogens with one attached hydrogen (secondary N) is 2. The highest BCUT2D eigenvalue weighted by Gasteiger charge is 2.24. The highest BCUT2D eigenvalue weighted by molar-refractivity contribution is 5.56. The van der Waals surface area contributed by atoms with E-state index in [1.165, 1.54) is 56.2 Å². The summed E-state index contributed by atoms with van der Waals surface area (Å²) in [6, 6.07) is 6.59. The number of aromatic nitrogens is 2. The zero-order valence-electron chi connectivity index (χ0n) is 16.5. The van der Waals surface area contributed by atoms with Gasteiger partial charge < -0.3 is 14.8 Å². The Kier molecular flexibility index (Phi) is 5.12. The maximum atomic E-state index is 5.51. The molecule has 1 aromatic heterocycles. The Hall–Kier alpha value is -2.21. The van der Waals surface area contributed by atoms with E-state index in [0.29, 0.717) is 18.8 Å². The third-order valence-electron chi connectivity index (χ3n) is 6.41. The summed E-state index contributed by atoms with van der Waals surface area (Å²) in [6.07, 6.45) is 11.2. The average molecular weight is 383 g/mol. The van der Waals surface area contributed by atoms with Crippen LogP contribution in [0.15, 0.2) is 24.4 Å². The van der Waals surface area contributed by atoms with Gasteiger partial charge in [-0.15, -0.1) is 0 Å². The van der Waals surface area contributed by atoms with Gasteiger partial charge >= 0.3 is 0 Å². The van der Waals surface area contributed by atoms with Gasteiger partial charge in [-0.2, -0.15) is 5.10 Å². The van der Waals surface area contributed by atoms with Crippen molar-refractivity contribution in [3.05, 3.63) is 35.7 Å². The zero-order valence-corrected chi connectivity index (χ0v) is 16.5. The lowest BCUT2D eigenvalue weighted by Crippen LogP contribution is -2.41. The highest BCUT2D eigenvalue weighted by atomic mass is 16.7. The summed E-state index contributed by atoms with van der Waals surface area (Å²) in [5.41, 5.74) is 3.91. The minimum atomic E-state index is 0.323. The fourth-order valence-corrected chi connectivity index (χ4v) is 4.97. The molecule has 0 amide bonds. The van der Waals surface area contributed by atoms with Gasteiger partial charge in [-0.3, -0.25) is 10.00 Å². The van der Waals surface area contributed by atoms with Crippen LogP contribution < -0.4 is 14.8 Å². The van der Waals surface area contributed by atoms with Crippen LogP contribution in [-0.2, 0) is 6.54 Å². The fourth-order valence-electron chi connectivity index (χ4n) is 4.97. The molecule has 1 aromatic carbocycles. The lowest BCUT2D eigenvalue weighted by molar-refractivity contribution is 0.174. The molecular weight excluding hydrogens is 352 g/mol. The molecule has 28 heavy (non-hydrogen) atoms. The van der Waals surface area contributed by atoms with Gasteiger partial charge in [0.2, 0.25) is 6.79 Å². The van der Waals surface area contributed by atoms with Gasteiger partial charge in [0.05, 0.1) is 6.20 Å². The van der Waals surface area contributed by atoms with E-state index < -0.39 is 0 Å². The fraction of sp³-hybridized carbons (Fsp3) is 0.591. The van der Waals surface area contributed by atoms with Gasteiger partial charge in [0.25, 0.3) is 0 Å². The number of fused-ring (bicyclic) bond motifs is 1. The Balaban J connectivity index is 1.21. The van der Waals surface area contributed by atoms with Crippen molar-refractivity contribution in [1.82, 2.24) is 15.1 Å². The van der Waals surface area contributed by atoms with Crippen LogP contribution in [0.5, 0.6) is 11.5 Å². The monoisotopic (exact) mass is 382 g/mol. The van der Waals surface area contributed by atoms with E-state index in [4.69, 9.17) is 9.47 Å². The summed E-state index contributed by atoms with van der Waals surface area (Å²) in [5.74, 6) is 2.36. The lowest BCUT2D eigenvalue weighted by Gasteiger charge is -2.34. The number of hydrogen-bond donors (Lipinski definition) is 2. The van der Waals surface area contributed by atoms with E-state index in [2.05, 4.69) is 38.7 Å². The number of piperidine rings is 1. The van der Waals surface area contributed by atoms with E-state index in [9.17, 15) is 0 Å². The SMILES string of the molecule is c1cc2c(cc1N[C@@H]1CCCN(Cc3cn[nH]c3C3CCCCC3)C1)OCO2. The number of benzene rings is 1. The molecule has 2 fully saturated rings. The average Bonchev–Trinajstić information content (AvgIpc) is 3.38. The molecule has 2 aromatic rings. The van der Waals surface area contributed by atoms with Crippen molar-refractivity contribution in [3.63, 3.8) is 0 Å². The van der Waals surface area contributed by atoms with Crippen molar-refractivity contribution >= 4 is 5.69 Å². The normalized spacial score (nSPS) is 23.1. The van der Waals surface area contributed by atoms with Crippen LogP contribution in [0.25, 0.3) is 0 Å². The Morgan fingerprint density at radius 1 is 1.07 bits per heavy atom. The molecule has 150 valence electrons. The van der Waals surface area contributed by atoms with E-state index in [0.717, 1.165) is 36.8 Å². The van der Waals surface area contributed by atoms with Crippen LogP contribution in [0.1, 0.15) is 62.1 Å². The number of aromatic amines is 1. The first-order valence-electron chi connectivity index (χ1n) is 10.8. The number of H-pyrrole nitrogens is 1. The summed E-state index contributed by atoms with van der Waals surface area (Å²) >= 11 is 0. The molecule has 2 aliphatic heterocycles. The van der Waals surface area contributed by atoms with Gasteiger partial charge in [0.1, 0.15) is 0 Å². The van der Waals surface area contributed by atoms with E-state index in [1.807, 2.05) is 6.07 Å². The minimum Gasteiger partial charge on any atom is -0.454 e. The third-order valence-corrected chi connectivity index (χ3v) is 6.41. The van der Waals surface area contributed by atoms with Crippen LogP contribution in [0.4, 0.5) is 5.69 Å². The second kappa shape index (κ2) is 8.03. The zero-order chi connectivity index (χ0) is 18.8. The molecule has 3 heterocycles. The number of nitrogens with zero attached hydrogens (tertiary/aromatic N) is 2. The van der Waals surface area contributed by atoms with Crippen molar-refractivity contribution < 1.29 is 9.47 Å². The Bertz CT molecular complexity index is 800. The first kappa shape index (κ1) is 17.9. The quantitative estimate of drug-likeness (QED) is 0.809. The molecule has 0 spiro atoms. The summed E-state index contributed by atoms with van der Waals surface area (Å²) in [5, 5.41) is 11.4. The predicted molar refractivity (Wildman–Crippen MR) is 109 cm³/mol. The lowest BCUT2D eigenvalue weighted by atomic mass is 9.85. The predicted octanol–water partition coefficient (Wildman–Crippen LogP) is 4.26. The molecule has 0 unspecified atom stereocenters. The molecule has 0 radical (unpaired) electrons. The summed E-state index contributed by atoms with van der Waals surface area (Å²) in [7, 11) is 0.